The molecular weight excluding hydrogens is 280 g/mol. The number of nitrogens with one attached hydrogen (secondary N) is 1. The minimum absolute atomic E-state index is 0.168. The summed E-state index contributed by atoms with van der Waals surface area (Å²) in [5, 5.41) is 3.40. The molecule has 0 radical (unpaired) electrons. The van der Waals surface area contributed by atoms with E-state index in [0.717, 1.165) is 5.69 Å². The third-order valence-corrected chi connectivity index (χ3v) is 3.18. The standard InChI is InChI=1S/C13H17ClN4O2/c1-17-8-10(14)5-12(17)13(19)16-7-11-6-15-9-18(11)3-4-20-2/h5-6,8-9H,3-4,7H2,1-2H3,(H,16,19). The van der Waals surface area contributed by atoms with E-state index in [2.05, 4.69) is 10.3 Å². The Morgan fingerprint density at radius 1 is 1.55 bits per heavy atom. The molecule has 0 aliphatic carbocycles. The van der Waals surface area contributed by atoms with Crippen LogP contribution >= 0.6 is 11.6 Å². The largest absolute Gasteiger partial charge is 0.383 e. The van der Waals surface area contributed by atoms with Gasteiger partial charge < -0.3 is 19.2 Å². The molecule has 0 fully saturated rings. The zero-order valence-electron chi connectivity index (χ0n) is 11.5. The van der Waals surface area contributed by atoms with E-state index >= 15 is 0 Å². The number of halogens is 1. The maximum Gasteiger partial charge on any atom is 0.268 e. The van der Waals surface area contributed by atoms with Crippen LogP contribution < -0.4 is 5.32 Å². The molecule has 2 aromatic rings. The minimum atomic E-state index is -0.168. The zero-order chi connectivity index (χ0) is 14.5. The smallest absolute Gasteiger partial charge is 0.268 e. The molecule has 0 unspecified atom stereocenters. The van der Waals surface area contributed by atoms with E-state index < -0.39 is 0 Å². The molecule has 108 valence electrons. The lowest BCUT2D eigenvalue weighted by molar-refractivity contribution is 0.0941. The Hall–Kier alpha value is -1.79. The van der Waals surface area contributed by atoms with Crippen molar-refractivity contribution in [3.63, 3.8) is 0 Å². The number of methoxy groups -OCH3 is 1. The first-order valence-electron chi connectivity index (χ1n) is 6.20. The summed E-state index contributed by atoms with van der Waals surface area (Å²) in [6.45, 7) is 1.72. The maximum absolute atomic E-state index is 12.1. The van der Waals surface area contributed by atoms with Crippen LogP contribution in [0.5, 0.6) is 0 Å². The lowest BCUT2D eigenvalue weighted by Crippen LogP contribution is -2.26. The van der Waals surface area contributed by atoms with Crippen molar-refractivity contribution in [3.05, 3.63) is 41.2 Å². The molecule has 1 N–H and O–H groups in total. The zero-order valence-corrected chi connectivity index (χ0v) is 12.2. The van der Waals surface area contributed by atoms with Crippen LogP contribution in [0.3, 0.4) is 0 Å². The van der Waals surface area contributed by atoms with Gasteiger partial charge in [-0.1, -0.05) is 11.6 Å². The normalized spacial score (nSPS) is 10.8. The Bertz CT molecular complexity index is 591. The molecule has 0 aromatic carbocycles. The number of amides is 1. The van der Waals surface area contributed by atoms with Crippen molar-refractivity contribution in [2.45, 2.75) is 13.1 Å². The average molecular weight is 297 g/mol. The first-order valence-corrected chi connectivity index (χ1v) is 6.57. The third-order valence-electron chi connectivity index (χ3n) is 2.97. The van der Waals surface area contributed by atoms with Gasteiger partial charge in [0.15, 0.2) is 0 Å². The van der Waals surface area contributed by atoms with Gasteiger partial charge in [-0.25, -0.2) is 4.98 Å². The summed E-state index contributed by atoms with van der Waals surface area (Å²) in [6, 6.07) is 1.64. The lowest BCUT2D eigenvalue weighted by Gasteiger charge is -2.09. The van der Waals surface area contributed by atoms with Crippen molar-refractivity contribution in [2.24, 2.45) is 7.05 Å². The minimum Gasteiger partial charge on any atom is -0.383 e. The predicted octanol–water partition coefficient (Wildman–Crippen LogP) is 1.45. The molecule has 0 saturated carbocycles. The number of hydrogen-bond acceptors (Lipinski definition) is 3. The molecule has 6 nitrogen and oxygen atoms in total. The second-order valence-electron chi connectivity index (χ2n) is 4.41. The third kappa shape index (κ3) is 3.40. The Labute approximate surface area is 122 Å². The number of hydrogen-bond donors (Lipinski definition) is 1. The fraction of sp³-hybridized carbons (Fsp3) is 0.385. The van der Waals surface area contributed by atoms with Gasteiger partial charge in [0, 0.05) is 33.1 Å². The quantitative estimate of drug-likeness (QED) is 0.878. The number of nitrogens with zero attached hydrogens (tertiary/aromatic N) is 3. The SMILES string of the molecule is COCCn1cncc1CNC(=O)c1cc(Cl)cn1C. The second-order valence-corrected chi connectivity index (χ2v) is 4.84. The van der Waals surface area contributed by atoms with Crippen LogP contribution in [0, 0.1) is 0 Å². The summed E-state index contributed by atoms with van der Waals surface area (Å²) < 4.78 is 8.67. The van der Waals surface area contributed by atoms with Gasteiger partial charge in [0.1, 0.15) is 5.69 Å². The summed E-state index contributed by atoms with van der Waals surface area (Å²) in [7, 11) is 3.43. The number of ether oxygens (including phenoxy) is 1. The summed E-state index contributed by atoms with van der Waals surface area (Å²) in [4.78, 5) is 16.1. The van der Waals surface area contributed by atoms with Crippen molar-refractivity contribution in [1.82, 2.24) is 19.4 Å². The molecule has 7 heteroatoms. The Morgan fingerprint density at radius 2 is 2.35 bits per heavy atom. The monoisotopic (exact) mass is 296 g/mol. The highest BCUT2D eigenvalue weighted by Crippen LogP contribution is 2.12. The van der Waals surface area contributed by atoms with Crippen LogP contribution in [0.25, 0.3) is 0 Å². The molecule has 1 amide bonds. The van der Waals surface area contributed by atoms with Crippen LogP contribution in [-0.2, 0) is 24.9 Å². The van der Waals surface area contributed by atoms with Gasteiger partial charge in [-0.15, -0.1) is 0 Å². The molecular formula is C13H17ClN4O2. The molecule has 20 heavy (non-hydrogen) atoms. The van der Waals surface area contributed by atoms with E-state index in [1.54, 1.807) is 43.5 Å². The van der Waals surface area contributed by atoms with E-state index in [1.165, 1.54) is 0 Å². The molecule has 2 heterocycles. The number of aromatic nitrogens is 3. The molecule has 0 bridgehead atoms. The summed E-state index contributed by atoms with van der Waals surface area (Å²) in [6.07, 6.45) is 5.15. The van der Waals surface area contributed by atoms with Crippen LogP contribution in [0.2, 0.25) is 5.02 Å². The van der Waals surface area contributed by atoms with Crippen molar-refractivity contribution >= 4 is 17.5 Å². The summed E-state index contributed by atoms with van der Waals surface area (Å²) in [5.41, 5.74) is 1.45. The molecule has 0 aliphatic heterocycles. The van der Waals surface area contributed by atoms with E-state index in [9.17, 15) is 4.79 Å². The lowest BCUT2D eigenvalue weighted by atomic mass is 10.3. The molecule has 0 saturated heterocycles. The van der Waals surface area contributed by atoms with Gasteiger partial charge in [0.25, 0.3) is 5.91 Å². The summed E-state index contributed by atoms with van der Waals surface area (Å²) >= 11 is 5.86. The maximum atomic E-state index is 12.1. The topological polar surface area (TPSA) is 61.1 Å². The van der Waals surface area contributed by atoms with E-state index in [-0.39, 0.29) is 5.91 Å². The number of aryl methyl sites for hydroxylation is 1. The number of carbonyl (C=O) groups excluding carboxylic acids is 1. The van der Waals surface area contributed by atoms with Gasteiger partial charge in [-0.2, -0.15) is 0 Å². The molecule has 0 spiro atoms. The number of rotatable bonds is 6. The fourth-order valence-electron chi connectivity index (χ4n) is 1.90. The van der Waals surface area contributed by atoms with Crippen molar-refractivity contribution in [1.29, 1.82) is 0 Å². The van der Waals surface area contributed by atoms with E-state index in [1.807, 2.05) is 4.57 Å². The molecule has 2 rings (SSSR count). The number of carbonyl (C=O) groups is 1. The van der Waals surface area contributed by atoms with Gasteiger partial charge >= 0.3 is 0 Å². The molecule has 0 atom stereocenters. The Kier molecular flexibility index (Phi) is 4.81. The highest BCUT2D eigenvalue weighted by atomic mass is 35.5. The highest BCUT2D eigenvalue weighted by molar-refractivity contribution is 6.31. The van der Waals surface area contributed by atoms with Gasteiger partial charge in [0.05, 0.1) is 30.2 Å². The second kappa shape index (κ2) is 6.58. The van der Waals surface area contributed by atoms with Crippen molar-refractivity contribution in [2.75, 3.05) is 13.7 Å². The van der Waals surface area contributed by atoms with Crippen LogP contribution in [-0.4, -0.2) is 33.7 Å². The Balaban J connectivity index is 1.97. The van der Waals surface area contributed by atoms with E-state index in [0.29, 0.717) is 30.4 Å². The predicted molar refractivity (Wildman–Crippen MR) is 75.7 cm³/mol. The van der Waals surface area contributed by atoms with Crippen LogP contribution in [0.1, 0.15) is 16.2 Å². The van der Waals surface area contributed by atoms with Gasteiger partial charge in [-0.05, 0) is 6.07 Å². The Morgan fingerprint density at radius 3 is 3.00 bits per heavy atom. The van der Waals surface area contributed by atoms with Crippen molar-refractivity contribution in [3.8, 4) is 0 Å². The number of imidazole rings is 1. The van der Waals surface area contributed by atoms with Gasteiger partial charge in [0.2, 0.25) is 0 Å². The van der Waals surface area contributed by atoms with Crippen molar-refractivity contribution < 1.29 is 9.53 Å². The van der Waals surface area contributed by atoms with Crippen LogP contribution in [0.4, 0.5) is 0 Å². The highest BCUT2D eigenvalue weighted by Gasteiger charge is 2.11. The molecule has 0 aliphatic rings. The van der Waals surface area contributed by atoms with E-state index in [4.69, 9.17) is 16.3 Å². The first kappa shape index (κ1) is 14.6. The first-order chi connectivity index (χ1) is 9.61. The summed E-state index contributed by atoms with van der Waals surface area (Å²) in [5.74, 6) is -0.168. The van der Waals surface area contributed by atoms with Crippen LogP contribution in [0.15, 0.2) is 24.8 Å². The average Bonchev–Trinajstić information content (AvgIpc) is 2.99. The molecule has 2 aromatic heterocycles. The van der Waals surface area contributed by atoms with Gasteiger partial charge in [-0.3, -0.25) is 4.79 Å². The fourth-order valence-corrected chi connectivity index (χ4v) is 2.15.